The van der Waals surface area contributed by atoms with Crippen LogP contribution in [0.1, 0.15) is 27.7 Å². The minimum Gasteiger partial charge on any atom is -0.374 e. The summed E-state index contributed by atoms with van der Waals surface area (Å²) in [4.78, 5) is 0. The first kappa shape index (κ1) is 23.8. The highest BCUT2D eigenvalue weighted by Gasteiger charge is 2.47. The van der Waals surface area contributed by atoms with E-state index < -0.39 is 55.8 Å². The van der Waals surface area contributed by atoms with E-state index in [9.17, 15) is 0 Å². The molecular formula is C34H35BrO5. The highest BCUT2D eigenvalue weighted by Crippen LogP contribution is 2.33. The zero-order valence-electron chi connectivity index (χ0n) is 25.9. The topological polar surface area (TPSA) is 46.2 Å². The number of alkyl halides is 1. The molecule has 208 valence electrons. The van der Waals surface area contributed by atoms with E-state index in [0.717, 1.165) is 0 Å². The summed E-state index contributed by atoms with van der Waals surface area (Å²) in [7, 11) is 0. The van der Waals surface area contributed by atoms with E-state index in [-0.39, 0.29) is 6.61 Å². The predicted molar refractivity (Wildman–Crippen MR) is 159 cm³/mol. The van der Waals surface area contributed by atoms with Gasteiger partial charge in [0.25, 0.3) is 0 Å². The normalized spacial score (nSPS) is 27.3. The second kappa shape index (κ2) is 15.2. The van der Waals surface area contributed by atoms with E-state index in [4.69, 9.17) is 29.2 Å². The van der Waals surface area contributed by atoms with Crippen molar-refractivity contribution in [3.8, 4) is 0 Å². The highest BCUT2D eigenvalue weighted by atomic mass is 79.9. The van der Waals surface area contributed by atoms with Gasteiger partial charge in [0.1, 0.15) is 29.4 Å². The van der Waals surface area contributed by atoms with Crippen molar-refractivity contribution >= 4 is 15.9 Å². The Balaban J connectivity index is 1.46. The first-order valence-electron chi connectivity index (χ1n) is 15.5. The van der Waals surface area contributed by atoms with Gasteiger partial charge in [-0.1, -0.05) is 137 Å². The van der Waals surface area contributed by atoms with Crippen LogP contribution in [0.5, 0.6) is 0 Å². The molecular weight excluding hydrogens is 568 g/mol. The second-order valence-electron chi connectivity index (χ2n) is 9.28. The molecule has 6 heteroatoms. The average Bonchev–Trinajstić information content (AvgIpc) is 3.07. The molecule has 0 amide bonds. The molecule has 0 N–H and O–H groups in total. The lowest BCUT2D eigenvalue weighted by Crippen LogP contribution is -2.59. The summed E-state index contributed by atoms with van der Waals surface area (Å²) < 4.78 is 66.4. The zero-order chi connectivity index (χ0) is 30.9. The summed E-state index contributed by atoms with van der Waals surface area (Å²) in [5, 5.41) is -0.776. The van der Waals surface area contributed by atoms with Crippen LogP contribution in [0.25, 0.3) is 0 Å². The van der Waals surface area contributed by atoms with Crippen molar-refractivity contribution in [2.45, 2.75) is 55.8 Å². The van der Waals surface area contributed by atoms with Crippen LogP contribution in [-0.4, -0.2) is 36.0 Å². The molecule has 1 aliphatic rings. The lowest BCUT2D eigenvalue weighted by molar-refractivity contribution is -0.253. The van der Waals surface area contributed by atoms with Crippen molar-refractivity contribution in [1.82, 2.24) is 0 Å². The molecule has 5 nitrogen and oxygen atoms in total. The van der Waals surface area contributed by atoms with Crippen LogP contribution in [0, 0.1) is 0 Å². The Labute approximate surface area is 250 Å². The maximum absolute atomic E-state index is 8.89. The fourth-order valence-electron chi connectivity index (χ4n) is 4.30. The van der Waals surface area contributed by atoms with Gasteiger partial charge in [0, 0.05) is 0 Å². The lowest BCUT2D eigenvalue weighted by Gasteiger charge is -2.44. The molecule has 1 saturated heterocycles. The molecule has 0 spiro atoms. The molecule has 5 rings (SSSR count). The summed E-state index contributed by atoms with van der Waals surface area (Å²) in [5.41, 5.74) is 2.58. The van der Waals surface area contributed by atoms with Crippen LogP contribution in [0.15, 0.2) is 121 Å². The quantitative estimate of drug-likeness (QED) is 0.152. The van der Waals surface area contributed by atoms with Crippen molar-refractivity contribution < 1.29 is 29.2 Å². The van der Waals surface area contributed by atoms with Gasteiger partial charge in [0.2, 0.25) is 0 Å². The van der Waals surface area contributed by atoms with Crippen LogP contribution in [0.2, 0.25) is 0 Å². The van der Waals surface area contributed by atoms with Gasteiger partial charge < -0.3 is 23.7 Å². The molecule has 0 aliphatic carbocycles. The molecule has 4 unspecified atom stereocenters. The molecule has 1 fully saturated rings. The number of hydrogen-bond acceptors (Lipinski definition) is 5. The SMILES string of the molecule is [2H]C(OC[C@H]1O[C@H](Br)[C@H](OC([2H])c2ccccc2)[C@@H](OC([2H])c2ccccc2)[C@@H]1OC([2H])c1ccccc1)c1ccccc1. The molecule has 9 atom stereocenters. The van der Waals surface area contributed by atoms with Crippen LogP contribution in [0.4, 0.5) is 0 Å². The predicted octanol–water partition coefficient (Wildman–Crippen LogP) is 7.08. The Hall–Kier alpha value is -2.84. The fraction of sp³-hybridized carbons (Fsp3) is 0.294. The fourth-order valence-corrected chi connectivity index (χ4v) is 5.00. The Morgan fingerprint density at radius 3 is 1.35 bits per heavy atom. The van der Waals surface area contributed by atoms with Gasteiger partial charge in [-0.05, 0) is 22.3 Å². The van der Waals surface area contributed by atoms with Gasteiger partial charge in [-0.3, -0.25) is 0 Å². The van der Waals surface area contributed by atoms with Crippen molar-refractivity contribution in [1.29, 1.82) is 0 Å². The summed E-state index contributed by atoms with van der Waals surface area (Å²) in [6.45, 7) is -4.35. The van der Waals surface area contributed by atoms with Gasteiger partial charge in [-0.15, -0.1) is 0 Å². The minimum absolute atomic E-state index is 0.0547. The van der Waals surface area contributed by atoms with Gasteiger partial charge in [0.15, 0.2) is 0 Å². The Morgan fingerprint density at radius 2 is 0.900 bits per heavy atom. The first-order valence-corrected chi connectivity index (χ1v) is 14.1. The maximum atomic E-state index is 8.89. The van der Waals surface area contributed by atoms with Crippen LogP contribution in [-0.2, 0) is 50.0 Å². The highest BCUT2D eigenvalue weighted by molar-refractivity contribution is 9.09. The third-order valence-electron chi connectivity index (χ3n) is 6.34. The monoisotopic (exact) mass is 606 g/mol. The summed E-state index contributed by atoms with van der Waals surface area (Å²) >= 11 is 3.60. The van der Waals surface area contributed by atoms with Crippen molar-refractivity contribution in [3.63, 3.8) is 0 Å². The van der Waals surface area contributed by atoms with E-state index in [0.29, 0.717) is 22.3 Å². The van der Waals surface area contributed by atoms with E-state index in [1.807, 2.05) is 84.9 Å². The number of ether oxygens (including phenoxy) is 5. The van der Waals surface area contributed by atoms with Crippen LogP contribution < -0.4 is 0 Å². The van der Waals surface area contributed by atoms with Gasteiger partial charge in [-0.2, -0.15) is 0 Å². The molecule has 1 aliphatic heterocycles. The second-order valence-corrected chi connectivity index (χ2v) is 10.2. The zero-order valence-corrected chi connectivity index (χ0v) is 23.5. The molecule has 0 radical (unpaired) electrons. The Morgan fingerprint density at radius 1 is 0.525 bits per heavy atom. The standard InChI is InChI=1S/C34H35BrO5/c35-34-33(39-24-29-19-11-4-12-20-29)32(38-23-28-17-9-3-10-18-28)31(37-22-27-15-7-2-8-16-27)30(40-34)25-36-21-26-13-5-1-6-14-26/h1-20,30-34H,21-25H2/t30-,31-,32+,33-,34+/m1/s1/i21D,22D,23D,24D/t21?,22?,23?,24?,30-,31-,32+,33-,34+. The van der Waals surface area contributed by atoms with Crippen LogP contribution >= 0.6 is 15.9 Å². The maximum Gasteiger partial charge on any atom is 0.141 e. The third kappa shape index (κ3) is 8.33. The van der Waals surface area contributed by atoms with E-state index in [1.165, 1.54) is 0 Å². The van der Waals surface area contributed by atoms with Gasteiger partial charge >= 0.3 is 0 Å². The first-order chi connectivity index (χ1) is 21.4. The molecule has 4 aromatic carbocycles. The molecule has 1 heterocycles. The molecule has 0 bridgehead atoms. The van der Waals surface area contributed by atoms with E-state index >= 15 is 0 Å². The third-order valence-corrected chi connectivity index (χ3v) is 7.08. The van der Waals surface area contributed by atoms with Crippen molar-refractivity contribution in [2.24, 2.45) is 0 Å². The van der Waals surface area contributed by atoms with Crippen molar-refractivity contribution in [3.05, 3.63) is 144 Å². The average molecular weight is 608 g/mol. The van der Waals surface area contributed by atoms with Gasteiger partial charge in [0.05, 0.1) is 38.4 Å². The molecule has 4 aromatic rings. The number of halogens is 1. The Kier molecular flexibility index (Phi) is 9.08. The van der Waals surface area contributed by atoms with Crippen molar-refractivity contribution in [2.75, 3.05) is 6.61 Å². The van der Waals surface area contributed by atoms with Crippen LogP contribution in [0.3, 0.4) is 0 Å². The van der Waals surface area contributed by atoms with E-state index in [2.05, 4.69) is 15.9 Å². The number of benzene rings is 4. The number of hydrogen-bond donors (Lipinski definition) is 0. The van der Waals surface area contributed by atoms with Gasteiger partial charge in [-0.25, -0.2) is 0 Å². The lowest BCUT2D eigenvalue weighted by atomic mass is 9.99. The number of rotatable bonds is 13. The largest absolute Gasteiger partial charge is 0.374 e. The smallest absolute Gasteiger partial charge is 0.141 e. The molecule has 0 aromatic heterocycles. The summed E-state index contributed by atoms with van der Waals surface area (Å²) in [5.74, 6) is 0. The van der Waals surface area contributed by atoms with E-state index in [1.54, 1.807) is 36.4 Å². The minimum atomic E-state index is -1.12. The Bertz CT molecular complexity index is 1390. The summed E-state index contributed by atoms with van der Waals surface area (Å²) in [6.07, 6.45) is -3.63. The summed E-state index contributed by atoms with van der Waals surface area (Å²) in [6, 6.07) is 36.6. The molecule has 40 heavy (non-hydrogen) atoms. The molecule has 0 saturated carbocycles.